The lowest BCUT2D eigenvalue weighted by molar-refractivity contribution is 0.542. The molecule has 1 aromatic rings. The van der Waals surface area contributed by atoms with Crippen LogP contribution in [-0.4, -0.2) is 20.5 Å². The fourth-order valence-electron chi connectivity index (χ4n) is 0.947. The number of hydrogen-bond donors (Lipinski definition) is 2. The van der Waals surface area contributed by atoms with Gasteiger partial charge in [-0.25, -0.2) is 9.97 Å². The van der Waals surface area contributed by atoms with Crippen molar-refractivity contribution >= 4 is 23.2 Å². The first-order valence-electron chi connectivity index (χ1n) is 4.85. The highest BCUT2D eigenvalue weighted by molar-refractivity contribution is 7.80. The molecule has 0 spiro atoms. The van der Waals surface area contributed by atoms with Crippen molar-refractivity contribution < 1.29 is 0 Å². The zero-order chi connectivity index (χ0) is 11.5. The van der Waals surface area contributed by atoms with Crippen LogP contribution in [0.15, 0.2) is 12.3 Å². The van der Waals surface area contributed by atoms with Gasteiger partial charge in [-0.1, -0.05) is 19.1 Å². The molecule has 0 aliphatic rings. The van der Waals surface area contributed by atoms with Crippen LogP contribution in [0, 0.1) is 0 Å². The average molecular weight is 224 g/mol. The van der Waals surface area contributed by atoms with Gasteiger partial charge in [-0.05, 0) is 26.3 Å². The fourth-order valence-corrected chi connectivity index (χ4v) is 1.06. The summed E-state index contributed by atoms with van der Waals surface area (Å²) in [5.41, 5.74) is 6.05. The van der Waals surface area contributed by atoms with Crippen LogP contribution < -0.4 is 11.1 Å². The van der Waals surface area contributed by atoms with E-state index in [-0.39, 0.29) is 10.5 Å². The normalized spacial score (nSPS) is 11.1. The van der Waals surface area contributed by atoms with Crippen molar-refractivity contribution in [2.75, 3.05) is 5.32 Å². The number of aromatic nitrogens is 2. The molecule has 0 aliphatic heterocycles. The van der Waals surface area contributed by atoms with Crippen molar-refractivity contribution in [1.82, 2.24) is 9.97 Å². The minimum absolute atomic E-state index is 0.0329. The Morgan fingerprint density at radius 3 is 2.80 bits per heavy atom. The van der Waals surface area contributed by atoms with E-state index in [9.17, 15) is 0 Å². The monoisotopic (exact) mass is 224 g/mol. The van der Waals surface area contributed by atoms with E-state index in [0.717, 1.165) is 6.42 Å². The van der Waals surface area contributed by atoms with Crippen LogP contribution in [-0.2, 0) is 0 Å². The molecular weight excluding hydrogens is 208 g/mol. The number of hydrogen-bond acceptors (Lipinski definition) is 4. The highest BCUT2D eigenvalue weighted by atomic mass is 32.1. The van der Waals surface area contributed by atoms with Crippen LogP contribution in [0.5, 0.6) is 0 Å². The third-order valence-electron chi connectivity index (χ3n) is 2.24. The number of nitrogens with one attached hydrogen (secondary N) is 1. The first-order chi connectivity index (χ1) is 6.94. The van der Waals surface area contributed by atoms with Crippen molar-refractivity contribution in [1.29, 1.82) is 0 Å². The van der Waals surface area contributed by atoms with Gasteiger partial charge in [0.1, 0.15) is 10.7 Å². The van der Waals surface area contributed by atoms with Gasteiger partial charge in [0, 0.05) is 11.7 Å². The third kappa shape index (κ3) is 3.43. The summed E-state index contributed by atoms with van der Waals surface area (Å²) in [6.45, 7) is 6.28. The molecule has 1 rings (SSSR count). The molecule has 82 valence electrons. The van der Waals surface area contributed by atoms with Crippen molar-refractivity contribution in [3.63, 3.8) is 0 Å². The number of thiocarbonyl (C=S) groups is 1. The van der Waals surface area contributed by atoms with Gasteiger partial charge < -0.3 is 11.1 Å². The molecule has 0 saturated heterocycles. The quantitative estimate of drug-likeness (QED) is 0.762. The van der Waals surface area contributed by atoms with Gasteiger partial charge in [-0.2, -0.15) is 0 Å². The van der Waals surface area contributed by atoms with E-state index >= 15 is 0 Å². The van der Waals surface area contributed by atoms with E-state index in [4.69, 9.17) is 18.0 Å². The Balaban J connectivity index is 2.87. The molecule has 0 amide bonds. The Hall–Kier alpha value is -1.23. The summed E-state index contributed by atoms with van der Waals surface area (Å²) in [6, 6.07) is 1.70. The van der Waals surface area contributed by atoms with Gasteiger partial charge in [-0.3, -0.25) is 0 Å². The second-order valence-corrected chi connectivity index (χ2v) is 4.43. The molecule has 0 bridgehead atoms. The van der Waals surface area contributed by atoms with Crippen molar-refractivity contribution in [3.05, 3.63) is 18.0 Å². The Morgan fingerprint density at radius 2 is 2.27 bits per heavy atom. The topological polar surface area (TPSA) is 63.8 Å². The maximum atomic E-state index is 5.49. The molecule has 0 aromatic carbocycles. The molecule has 3 N–H and O–H groups in total. The Labute approximate surface area is 95.3 Å². The van der Waals surface area contributed by atoms with Crippen LogP contribution in [0.25, 0.3) is 0 Å². The minimum Gasteiger partial charge on any atom is -0.388 e. The van der Waals surface area contributed by atoms with Gasteiger partial charge in [0.25, 0.3) is 0 Å². The molecule has 0 fully saturated rings. The SMILES string of the molecule is CCC(C)(C)Nc1nccc(C(N)=S)n1. The van der Waals surface area contributed by atoms with E-state index < -0.39 is 0 Å². The van der Waals surface area contributed by atoms with Gasteiger partial charge in [0.2, 0.25) is 5.95 Å². The average Bonchev–Trinajstić information content (AvgIpc) is 2.17. The molecule has 0 saturated carbocycles. The second kappa shape index (κ2) is 4.53. The van der Waals surface area contributed by atoms with Crippen LogP contribution in [0.1, 0.15) is 32.9 Å². The Kier molecular flexibility index (Phi) is 3.57. The third-order valence-corrected chi connectivity index (χ3v) is 2.45. The maximum Gasteiger partial charge on any atom is 0.223 e. The summed E-state index contributed by atoms with van der Waals surface area (Å²) < 4.78 is 0. The molecule has 15 heavy (non-hydrogen) atoms. The largest absolute Gasteiger partial charge is 0.388 e. The number of nitrogens with two attached hydrogens (primary N) is 1. The van der Waals surface area contributed by atoms with Gasteiger partial charge >= 0.3 is 0 Å². The number of nitrogens with zero attached hydrogens (tertiary/aromatic N) is 2. The molecule has 0 radical (unpaired) electrons. The van der Waals surface area contributed by atoms with Crippen molar-refractivity contribution in [2.24, 2.45) is 5.73 Å². The molecule has 0 atom stereocenters. The van der Waals surface area contributed by atoms with Crippen LogP contribution in [0.2, 0.25) is 0 Å². The Bertz CT molecular complexity index is 362. The molecule has 4 nitrogen and oxygen atoms in total. The van der Waals surface area contributed by atoms with E-state index in [0.29, 0.717) is 11.6 Å². The molecular formula is C10H16N4S. The van der Waals surface area contributed by atoms with Gasteiger partial charge in [0.05, 0.1) is 0 Å². The highest BCUT2D eigenvalue weighted by Crippen LogP contribution is 2.14. The number of rotatable bonds is 4. The number of anilines is 1. The van der Waals surface area contributed by atoms with Gasteiger partial charge in [0.15, 0.2) is 0 Å². The lowest BCUT2D eigenvalue weighted by atomic mass is 10.0. The summed E-state index contributed by atoms with van der Waals surface area (Å²) >= 11 is 4.85. The first-order valence-corrected chi connectivity index (χ1v) is 5.26. The first kappa shape index (κ1) is 11.8. The Morgan fingerprint density at radius 1 is 1.60 bits per heavy atom. The zero-order valence-corrected chi connectivity index (χ0v) is 10.1. The minimum atomic E-state index is -0.0329. The van der Waals surface area contributed by atoms with Gasteiger partial charge in [-0.15, -0.1) is 0 Å². The second-order valence-electron chi connectivity index (χ2n) is 3.99. The maximum absolute atomic E-state index is 5.49. The van der Waals surface area contributed by atoms with E-state index in [1.54, 1.807) is 12.3 Å². The summed E-state index contributed by atoms with van der Waals surface area (Å²) in [5, 5.41) is 3.23. The van der Waals surface area contributed by atoms with E-state index in [1.807, 2.05) is 0 Å². The smallest absolute Gasteiger partial charge is 0.223 e. The van der Waals surface area contributed by atoms with Crippen LogP contribution in [0.4, 0.5) is 5.95 Å². The van der Waals surface area contributed by atoms with Crippen LogP contribution >= 0.6 is 12.2 Å². The molecule has 0 unspecified atom stereocenters. The van der Waals surface area contributed by atoms with Crippen LogP contribution in [0.3, 0.4) is 0 Å². The zero-order valence-electron chi connectivity index (χ0n) is 9.24. The van der Waals surface area contributed by atoms with E-state index in [2.05, 4.69) is 36.1 Å². The highest BCUT2D eigenvalue weighted by Gasteiger charge is 2.15. The fraction of sp³-hybridized carbons (Fsp3) is 0.500. The molecule has 0 aliphatic carbocycles. The molecule has 1 aromatic heterocycles. The molecule has 1 heterocycles. The summed E-state index contributed by atoms with van der Waals surface area (Å²) in [6.07, 6.45) is 2.63. The standard InChI is InChI=1S/C10H16N4S/c1-4-10(2,3)14-9-12-6-5-7(13-9)8(11)15/h5-6H,4H2,1-3H3,(H2,11,15)(H,12,13,14). The summed E-state index contributed by atoms with van der Waals surface area (Å²) in [4.78, 5) is 8.62. The van der Waals surface area contributed by atoms with E-state index in [1.165, 1.54) is 0 Å². The summed E-state index contributed by atoms with van der Waals surface area (Å²) in [7, 11) is 0. The lowest BCUT2D eigenvalue weighted by Crippen LogP contribution is -2.31. The lowest BCUT2D eigenvalue weighted by Gasteiger charge is -2.24. The van der Waals surface area contributed by atoms with Crippen molar-refractivity contribution in [3.8, 4) is 0 Å². The molecule has 5 heteroatoms. The summed E-state index contributed by atoms with van der Waals surface area (Å²) in [5.74, 6) is 0.562. The predicted molar refractivity (Wildman–Crippen MR) is 65.9 cm³/mol. The van der Waals surface area contributed by atoms with Crippen molar-refractivity contribution in [2.45, 2.75) is 32.7 Å². The predicted octanol–water partition coefficient (Wildman–Crippen LogP) is 1.71.